The van der Waals surface area contributed by atoms with Crippen LogP contribution in [0.1, 0.15) is 0 Å². The number of alkyl halides is 1. The van der Waals surface area contributed by atoms with E-state index in [0.29, 0.717) is 11.3 Å². The third-order valence-electron chi connectivity index (χ3n) is 1.89. The van der Waals surface area contributed by atoms with Gasteiger partial charge in [0.15, 0.2) is 5.84 Å². The topological polar surface area (TPSA) is 62.0 Å². The summed E-state index contributed by atoms with van der Waals surface area (Å²) in [5.41, 5.74) is 0.927. The minimum absolute atomic E-state index is 0.139. The highest BCUT2D eigenvalue weighted by molar-refractivity contribution is 6.35. The van der Waals surface area contributed by atoms with E-state index in [0.717, 1.165) is 0 Å². The van der Waals surface area contributed by atoms with Gasteiger partial charge in [-0.2, -0.15) is 4.99 Å². The second-order valence-electron chi connectivity index (χ2n) is 2.87. The minimum Gasteiger partial charge on any atom is -0.388 e. The fourth-order valence-corrected chi connectivity index (χ4v) is 1.46. The number of amidine groups is 1. The lowest BCUT2D eigenvalue weighted by Gasteiger charge is -2.14. The van der Waals surface area contributed by atoms with Crippen LogP contribution in [0.4, 0.5) is 0 Å². The van der Waals surface area contributed by atoms with Crippen LogP contribution >= 0.6 is 11.6 Å². The van der Waals surface area contributed by atoms with Crippen LogP contribution in [0.5, 0.6) is 0 Å². The number of aliphatic imine (C=N–C) groups is 2. The van der Waals surface area contributed by atoms with E-state index in [1.54, 1.807) is 18.2 Å². The van der Waals surface area contributed by atoms with Crippen LogP contribution in [0.3, 0.4) is 0 Å². The average Bonchev–Trinajstić information content (AvgIpc) is 2.19. The van der Waals surface area contributed by atoms with Crippen molar-refractivity contribution in [2.75, 3.05) is 6.61 Å². The Morgan fingerprint density at radius 2 is 2.29 bits per heavy atom. The first kappa shape index (κ1) is 9.30. The van der Waals surface area contributed by atoms with E-state index < -0.39 is 5.91 Å². The van der Waals surface area contributed by atoms with Crippen LogP contribution in [0.25, 0.3) is 0 Å². The van der Waals surface area contributed by atoms with Crippen molar-refractivity contribution < 1.29 is 9.90 Å². The molecule has 0 aromatic heterocycles. The molecule has 0 saturated heterocycles. The molecule has 2 rings (SSSR count). The lowest BCUT2D eigenvalue weighted by molar-refractivity contribution is -0.114. The lowest BCUT2D eigenvalue weighted by atomic mass is 10.0. The molecule has 1 aliphatic heterocycles. The maximum atomic E-state index is 11.4. The molecule has 0 fully saturated rings. The van der Waals surface area contributed by atoms with Gasteiger partial charge in [-0.25, -0.2) is 4.99 Å². The zero-order valence-corrected chi connectivity index (χ0v) is 7.90. The van der Waals surface area contributed by atoms with E-state index in [1.807, 2.05) is 0 Å². The van der Waals surface area contributed by atoms with Crippen LogP contribution in [-0.4, -0.2) is 34.5 Å². The summed E-state index contributed by atoms with van der Waals surface area (Å²) in [7, 11) is 0. The molecule has 2 aliphatic rings. The number of nitrogens with zero attached hydrogens (tertiary/aromatic N) is 2. The number of fused-ring (bicyclic) bond motifs is 1. The Kier molecular flexibility index (Phi) is 2.31. The summed E-state index contributed by atoms with van der Waals surface area (Å²) in [5.74, 6) is -0.256. The van der Waals surface area contributed by atoms with Crippen molar-refractivity contribution in [3.63, 3.8) is 0 Å². The van der Waals surface area contributed by atoms with Gasteiger partial charge in [-0.1, -0.05) is 6.08 Å². The van der Waals surface area contributed by atoms with E-state index in [1.165, 1.54) is 0 Å². The molecule has 1 heterocycles. The summed E-state index contributed by atoms with van der Waals surface area (Å²) in [6.45, 7) is -0.333. The molecular weight excluding hydrogens is 204 g/mol. The predicted molar refractivity (Wildman–Crippen MR) is 53.8 cm³/mol. The Morgan fingerprint density at radius 3 is 3.00 bits per heavy atom. The number of allylic oxidation sites excluding steroid dienone is 3. The predicted octanol–water partition coefficient (Wildman–Crippen LogP) is 0.462. The quantitative estimate of drug-likeness (QED) is 0.640. The Balaban J connectivity index is 2.42. The van der Waals surface area contributed by atoms with Gasteiger partial charge in [0.05, 0.1) is 16.7 Å². The van der Waals surface area contributed by atoms with Gasteiger partial charge < -0.3 is 5.11 Å². The molecule has 0 spiro atoms. The van der Waals surface area contributed by atoms with Gasteiger partial charge in [0.2, 0.25) is 0 Å². The summed E-state index contributed by atoms with van der Waals surface area (Å²) in [4.78, 5) is 19.0. The van der Waals surface area contributed by atoms with E-state index in [-0.39, 0.29) is 17.8 Å². The Morgan fingerprint density at radius 1 is 1.50 bits per heavy atom. The van der Waals surface area contributed by atoms with Crippen molar-refractivity contribution in [1.82, 2.24) is 0 Å². The lowest BCUT2D eigenvalue weighted by Crippen LogP contribution is -2.23. The Labute approximate surface area is 85.3 Å². The fraction of sp³-hybridized carbons (Fsp3) is 0.222. The molecule has 0 bridgehead atoms. The largest absolute Gasteiger partial charge is 0.388 e. The van der Waals surface area contributed by atoms with Gasteiger partial charge in [0.25, 0.3) is 5.91 Å². The maximum Gasteiger partial charge on any atom is 0.280 e. The number of hydrogen-bond donors (Lipinski definition) is 1. The van der Waals surface area contributed by atoms with Gasteiger partial charge >= 0.3 is 0 Å². The van der Waals surface area contributed by atoms with Crippen LogP contribution in [0.15, 0.2) is 33.8 Å². The summed E-state index contributed by atoms with van der Waals surface area (Å²) in [6.07, 6.45) is 4.98. The molecule has 5 heteroatoms. The molecular formula is C9H7ClN2O2. The van der Waals surface area contributed by atoms with Crippen molar-refractivity contribution in [3.8, 4) is 0 Å². The van der Waals surface area contributed by atoms with Gasteiger partial charge in [-0.3, -0.25) is 4.79 Å². The van der Waals surface area contributed by atoms with Crippen molar-refractivity contribution in [3.05, 3.63) is 23.8 Å². The molecule has 1 atom stereocenters. The maximum absolute atomic E-state index is 11.4. The van der Waals surface area contributed by atoms with E-state index in [4.69, 9.17) is 16.7 Å². The standard InChI is InChI=1S/C9H7ClN2O2/c10-5-1-2-7-6(3-5)9(14)12-8(4-13)11-7/h1-3,5,13H,4H2. The smallest absolute Gasteiger partial charge is 0.280 e. The third kappa shape index (κ3) is 1.54. The Hall–Kier alpha value is -1.26. The van der Waals surface area contributed by atoms with E-state index >= 15 is 0 Å². The van der Waals surface area contributed by atoms with Gasteiger partial charge in [-0.05, 0) is 12.2 Å². The monoisotopic (exact) mass is 210 g/mol. The average molecular weight is 211 g/mol. The zero-order valence-electron chi connectivity index (χ0n) is 7.14. The molecule has 1 amide bonds. The highest BCUT2D eigenvalue weighted by Crippen LogP contribution is 2.18. The van der Waals surface area contributed by atoms with Gasteiger partial charge in [0, 0.05) is 0 Å². The molecule has 1 aliphatic carbocycles. The van der Waals surface area contributed by atoms with Crippen LogP contribution in [-0.2, 0) is 4.79 Å². The molecule has 0 aromatic carbocycles. The van der Waals surface area contributed by atoms with E-state index in [2.05, 4.69) is 9.98 Å². The summed E-state index contributed by atoms with van der Waals surface area (Å²) in [5, 5.41) is 8.50. The normalized spacial score (nSPS) is 25.1. The number of carbonyl (C=O) groups is 1. The highest BCUT2D eigenvalue weighted by Gasteiger charge is 2.23. The van der Waals surface area contributed by atoms with Gasteiger partial charge in [-0.15, -0.1) is 11.6 Å². The second kappa shape index (κ2) is 3.48. The number of amides is 1. The van der Waals surface area contributed by atoms with Crippen molar-refractivity contribution >= 4 is 29.1 Å². The van der Waals surface area contributed by atoms with Crippen molar-refractivity contribution in [2.24, 2.45) is 9.98 Å². The number of rotatable bonds is 1. The highest BCUT2D eigenvalue weighted by atomic mass is 35.5. The molecule has 1 unspecified atom stereocenters. The third-order valence-corrected chi connectivity index (χ3v) is 2.16. The van der Waals surface area contributed by atoms with Crippen LogP contribution in [0.2, 0.25) is 0 Å². The Bertz CT molecular complexity index is 407. The summed E-state index contributed by atoms with van der Waals surface area (Å²) >= 11 is 5.80. The van der Waals surface area contributed by atoms with Crippen molar-refractivity contribution in [1.29, 1.82) is 0 Å². The first-order valence-electron chi connectivity index (χ1n) is 4.06. The molecule has 4 nitrogen and oxygen atoms in total. The number of aliphatic hydroxyl groups is 1. The summed E-state index contributed by atoms with van der Waals surface area (Å²) < 4.78 is 0. The number of halogens is 1. The van der Waals surface area contributed by atoms with Crippen LogP contribution in [0, 0.1) is 0 Å². The van der Waals surface area contributed by atoms with Crippen LogP contribution < -0.4 is 0 Å². The fourth-order valence-electron chi connectivity index (χ4n) is 1.26. The number of carbonyl (C=O) groups excluding carboxylic acids is 1. The first-order valence-corrected chi connectivity index (χ1v) is 4.50. The summed E-state index contributed by atoms with van der Waals surface area (Å²) in [6, 6.07) is 0. The molecule has 14 heavy (non-hydrogen) atoms. The number of aliphatic hydroxyl groups excluding tert-OH is 1. The molecule has 1 N–H and O–H groups in total. The number of hydrogen-bond acceptors (Lipinski definition) is 3. The molecule has 0 aromatic rings. The van der Waals surface area contributed by atoms with E-state index in [9.17, 15) is 4.79 Å². The molecule has 0 saturated carbocycles. The first-order chi connectivity index (χ1) is 6.70. The van der Waals surface area contributed by atoms with Crippen molar-refractivity contribution in [2.45, 2.75) is 5.38 Å². The minimum atomic E-state index is -0.394. The SMILES string of the molecule is O=C1N=C(CO)N=C2C=CC(Cl)C=C12. The molecule has 72 valence electrons. The molecule has 0 radical (unpaired) electrons. The van der Waals surface area contributed by atoms with Gasteiger partial charge in [0.1, 0.15) is 6.61 Å². The zero-order chi connectivity index (χ0) is 10.1. The second-order valence-corrected chi connectivity index (χ2v) is 3.38.